The van der Waals surface area contributed by atoms with Gasteiger partial charge in [0.1, 0.15) is 5.82 Å². The Morgan fingerprint density at radius 2 is 1.81 bits per heavy atom. The van der Waals surface area contributed by atoms with Crippen LogP contribution >= 0.6 is 0 Å². The first-order valence-electron chi connectivity index (χ1n) is 8.06. The van der Waals surface area contributed by atoms with Crippen molar-refractivity contribution in [1.82, 2.24) is 5.32 Å². The summed E-state index contributed by atoms with van der Waals surface area (Å²) in [7, 11) is 1.75. The molecule has 0 heterocycles. The quantitative estimate of drug-likeness (QED) is 0.622. The van der Waals surface area contributed by atoms with Gasteiger partial charge < -0.3 is 10.1 Å². The van der Waals surface area contributed by atoms with E-state index < -0.39 is 0 Å². The first-order chi connectivity index (χ1) is 10.1. The molecule has 0 amide bonds. The second-order valence-electron chi connectivity index (χ2n) is 6.24. The van der Waals surface area contributed by atoms with Gasteiger partial charge in [-0.15, -0.1) is 0 Å². The maximum absolute atomic E-state index is 13.0. The fourth-order valence-corrected chi connectivity index (χ4v) is 2.49. The van der Waals surface area contributed by atoms with Crippen LogP contribution in [0.3, 0.4) is 0 Å². The van der Waals surface area contributed by atoms with Crippen molar-refractivity contribution in [2.24, 2.45) is 11.8 Å². The van der Waals surface area contributed by atoms with Crippen LogP contribution in [0.2, 0.25) is 0 Å². The van der Waals surface area contributed by atoms with Gasteiger partial charge in [-0.1, -0.05) is 32.4 Å². The summed E-state index contributed by atoms with van der Waals surface area (Å²) in [5.74, 6) is 1.12. The summed E-state index contributed by atoms with van der Waals surface area (Å²) in [4.78, 5) is 0. The Hall–Kier alpha value is -0.930. The van der Waals surface area contributed by atoms with Crippen LogP contribution in [0.4, 0.5) is 4.39 Å². The smallest absolute Gasteiger partial charge is 0.123 e. The Bertz CT molecular complexity index is 364. The van der Waals surface area contributed by atoms with Gasteiger partial charge in [0, 0.05) is 13.7 Å². The molecule has 0 aliphatic heterocycles. The molecule has 3 heteroatoms. The molecule has 0 aromatic heterocycles. The van der Waals surface area contributed by atoms with Crippen molar-refractivity contribution < 1.29 is 9.13 Å². The molecule has 0 aliphatic carbocycles. The number of halogens is 1. The Labute approximate surface area is 129 Å². The predicted molar refractivity (Wildman–Crippen MR) is 87.0 cm³/mol. The second kappa shape index (κ2) is 10.7. The van der Waals surface area contributed by atoms with Gasteiger partial charge in [0.2, 0.25) is 0 Å². The summed E-state index contributed by atoms with van der Waals surface area (Å²) in [6.45, 7) is 7.37. The van der Waals surface area contributed by atoms with Crippen LogP contribution in [-0.2, 0) is 11.2 Å². The number of hydrogen-bond acceptors (Lipinski definition) is 2. The number of unbranched alkanes of at least 4 members (excludes halogenated alkanes) is 1. The number of rotatable bonds is 11. The molecule has 0 aliphatic rings. The van der Waals surface area contributed by atoms with Crippen LogP contribution in [0.15, 0.2) is 24.3 Å². The molecule has 0 radical (unpaired) electrons. The third kappa shape index (κ3) is 8.84. The maximum Gasteiger partial charge on any atom is 0.123 e. The molecule has 0 spiro atoms. The highest BCUT2D eigenvalue weighted by Gasteiger charge is 2.10. The Balaban J connectivity index is 2.43. The molecule has 1 atom stereocenters. The lowest BCUT2D eigenvalue weighted by Gasteiger charge is -2.19. The largest absolute Gasteiger partial charge is 0.385 e. The second-order valence-corrected chi connectivity index (χ2v) is 6.24. The monoisotopic (exact) mass is 295 g/mol. The van der Waals surface area contributed by atoms with Crippen LogP contribution in [-0.4, -0.2) is 26.8 Å². The van der Waals surface area contributed by atoms with Gasteiger partial charge in [0.05, 0.1) is 0 Å². The summed E-state index contributed by atoms with van der Waals surface area (Å²) < 4.78 is 18.1. The average Bonchev–Trinajstić information content (AvgIpc) is 2.45. The van der Waals surface area contributed by atoms with Crippen LogP contribution in [0.25, 0.3) is 0 Å². The van der Waals surface area contributed by atoms with Gasteiger partial charge >= 0.3 is 0 Å². The van der Waals surface area contributed by atoms with E-state index in [1.807, 2.05) is 12.1 Å². The number of methoxy groups -OCH3 is 1. The average molecular weight is 295 g/mol. The molecule has 21 heavy (non-hydrogen) atoms. The molecule has 1 unspecified atom stereocenters. The lowest BCUT2D eigenvalue weighted by atomic mass is 9.94. The lowest BCUT2D eigenvalue weighted by molar-refractivity contribution is 0.190. The van der Waals surface area contributed by atoms with Gasteiger partial charge in [-0.05, 0) is 61.9 Å². The zero-order valence-electron chi connectivity index (χ0n) is 13.7. The highest BCUT2D eigenvalue weighted by molar-refractivity contribution is 5.16. The summed E-state index contributed by atoms with van der Waals surface area (Å²) in [6, 6.07) is 6.91. The van der Waals surface area contributed by atoms with E-state index in [-0.39, 0.29) is 5.82 Å². The molecule has 2 nitrogen and oxygen atoms in total. The van der Waals surface area contributed by atoms with Gasteiger partial charge in [-0.3, -0.25) is 0 Å². The fraction of sp³-hybridized carbons (Fsp3) is 0.667. The highest BCUT2D eigenvalue weighted by Crippen LogP contribution is 2.15. The highest BCUT2D eigenvalue weighted by atomic mass is 19.1. The van der Waals surface area contributed by atoms with E-state index in [4.69, 9.17) is 4.74 Å². The van der Waals surface area contributed by atoms with E-state index in [2.05, 4.69) is 19.2 Å². The first-order valence-corrected chi connectivity index (χ1v) is 8.06. The minimum atomic E-state index is -0.159. The molecule has 0 bridgehead atoms. The molecule has 120 valence electrons. The van der Waals surface area contributed by atoms with Gasteiger partial charge in [0.25, 0.3) is 0 Å². The molecule has 1 aromatic rings. The summed E-state index contributed by atoms with van der Waals surface area (Å²) in [5, 5.41) is 3.55. The summed E-state index contributed by atoms with van der Waals surface area (Å²) >= 11 is 0. The number of hydrogen-bond donors (Lipinski definition) is 1. The van der Waals surface area contributed by atoms with Crippen LogP contribution in [0, 0.1) is 17.7 Å². The zero-order valence-corrected chi connectivity index (χ0v) is 13.7. The van der Waals surface area contributed by atoms with Gasteiger partial charge in [-0.2, -0.15) is 0 Å². The third-order valence-electron chi connectivity index (χ3n) is 3.63. The number of nitrogens with one attached hydrogen (secondary N) is 1. The first kappa shape index (κ1) is 18.1. The molecular weight excluding hydrogens is 265 g/mol. The molecule has 1 rings (SSSR count). The van der Waals surface area contributed by atoms with Crippen molar-refractivity contribution in [2.75, 3.05) is 26.8 Å². The van der Waals surface area contributed by atoms with E-state index in [1.165, 1.54) is 18.4 Å². The minimum Gasteiger partial charge on any atom is -0.385 e. The normalized spacial score (nSPS) is 12.8. The Morgan fingerprint density at radius 1 is 1.10 bits per heavy atom. The van der Waals surface area contributed by atoms with Crippen LogP contribution in [0.1, 0.15) is 38.7 Å². The lowest BCUT2D eigenvalue weighted by Crippen LogP contribution is -2.27. The summed E-state index contributed by atoms with van der Waals surface area (Å²) in [6.07, 6.45) is 4.49. The number of ether oxygens (including phenoxy) is 1. The molecule has 1 aromatic carbocycles. The zero-order chi connectivity index (χ0) is 15.5. The van der Waals surface area contributed by atoms with Crippen molar-refractivity contribution in [3.05, 3.63) is 35.6 Å². The van der Waals surface area contributed by atoms with Crippen molar-refractivity contribution in [2.45, 2.75) is 39.5 Å². The maximum atomic E-state index is 13.0. The molecular formula is C18H30FNO. The minimum absolute atomic E-state index is 0.159. The van der Waals surface area contributed by atoms with Crippen molar-refractivity contribution in [1.29, 1.82) is 0 Å². The van der Waals surface area contributed by atoms with E-state index in [0.717, 1.165) is 32.5 Å². The fourth-order valence-electron chi connectivity index (χ4n) is 2.49. The van der Waals surface area contributed by atoms with Crippen molar-refractivity contribution in [3.63, 3.8) is 0 Å². The van der Waals surface area contributed by atoms with E-state index in [9.17, 15) is 4.39 Å². The van der Waals surface area contributed by atoms with Crippen molar-refractivity contribution in [3.8, 4) is 0 Å². The van der Waals surface area contributed by atoms with Gasteiger partial charge in [0.15, 0.2) is 0 Å². The molecule has 0 saturated heterocycles. The Kier molecular flexibility index (Phi) is 9.27. The third-order valence-corrected chi connectivity index (χ3v) is 3.63. The Morgan fingerprint density at radius 3 is 2.43 bits per heavy atom. The van der Waals surface area contributed by atoms with Crippen LogP contribution < -0.4 is 5.32 Å². The molecule has 1 N–H and O–H groups in total. The number of benzene rings is 1. The molecule has 0 fully saturated rings. The van der Waals surface area contributed by atoms with Crippen molar-refractivity contribution >= 4 is 0 Å². The van der Waals surface area contributed by atoms with E-state index in [0.29, 0.717) is 11.8 Å². The van der Waals surface area contributed by atoms with E-state index >= 15 is 0 Å². The SMILES string of the molecule is COCCCCC(CNCC(C)C)Cc1ccc(F)cc1. The summed E-state index contributed by atoms with van der Waals surface area (Å²) in [5.41, 5.74) is 1.22. The standard InChI is InChI=1S/C18H30FNO/c1-15(2)13-20-14-17(6-4-5-11-21-3)12-16-7-9-18(19)10-8-16/h7-10,15,17,20H,4-6,11-14H2,1-3H3. The van der Waals surface area contributed by atoms with Gasteiger partial charge in [-0.25, -0.2) is 4.39 Å². The van der Waals surface area contributed by atoms with E-state index in [1.54, 1.807) is 19.2 Å². The van der Waals surface area contributed by atoms with Crippen LogP contribution in [0.5, 0.6) is 0 Å². The predicted octanol–water partition coefficient (Wildman–Crippen LogP) is 4.05. The molecule has 0 saturated carbocycles. The topological polar surface area (TPSA) is 21.3 Å².